The molecule has 3 heteroatoms. The van der Waals surface area contributed by atoms with Crippen molar-refractivity contribution < 1.29 is 14.6 Å². The van der Waals surface area contributed by atoms with Gasteiger partial charge < -0.3 is 14.6 Å². The second kappa shape index (κ2) is 4.26. The SMILES string of the molecule is C/C(=C\CC1CCCO1)C(=O)[O-]. The topological polar surface area (TPSA) is 49.4 Å². The maximum absolute atomic E-state index is 10.3. The number of carboxylic acid groups (broad SMARTS) is 1. The van der Waals surface area contributed by atoms with Gasteiger partial charge in [0.2, 0.25) is 0 Å². The van der Waals surface area contributed by atoms with Crippen LogP contribution in [0.3, 0.4) is 0 Å². The summed E-state index contributed by atoms with van der Waals surface area (Å²) >= 11 is 0. The van der Waals surface area contributed by atoms with Crippen molar-refractivity contribution in [1.82, 2.24) is 0 Å². The van der Waals surface area contributed by atoms with Gasteiger partial charge in [0.25, 0.3) is 0 Å². The van der Waals surface area contributed by atoms with E-state index in [0.717, 1.165) is 19.4 Å². The average molecular weight is 169 g/mol. The Balaban J connectivity index is 2.31. The number of carbonyl (C=O) groups is 1. The summed E-state index contributed by atoms with van der Waals surface area (Å²) in [5.74, 6) is -1.09. The third-order valence-corrected chi connectivity index (χ3v) is 2.03. The van der Waals surface area contributed by atoms with Crippen LogP contribution in [0.2, 0.25) is 0 Å². The number of rotatable bonds is 3. The van der Waals surface area contributed by atoms with Gasteiger partial charge in [0.05, 0.1) is 12.1 Å². The number of aliphatic carboxylic acids is 1. The fraction of sp³-hybridized carbons (Fsp3) is 0.667. The van der Waals surface area contributed by atoms with E-state index >= 15 is 0 Å². The Hall–Kier alpha value is -0.830. The molecule has 1 atom stereocenters. The molecule has 0 aliphatic carbocycles. The first-order valence-corrected chi connectivity index (χ1v) is 4.20. The number of hydrogen-bond donors (Lipinski definition) is 0. The molecular formula is C9H13O3-. The van der Waals surface area contributed by atoms with Gasteiger partial charge in [0, 0.05) is 6.61 Å². The van der Waals surface area contributed by atoms with Crippen molar-refractivity contribution >= 4 is 5.97 Å². The highest BCUT2D eigenvalue weighted by atomic mass is 16.5. The normalized spacial score (nSPS) is 24.4. The minimum absolute atomic E-state index is 0.222. The largest absolute Gasteiger partial charge is 0.545 e. The molecule has 0 spiro atoms. The third-order valence-electron chi connectivity index (χ3n) is 2.03. The molecule has 1 rings (SSSR count). The lowest BCUT2D eigenvalue weighted by atomic mass is 10.1. The monoisotopic (exact) mass is 169 g/mol. The summed E-state index contributed by atoms with van der Waals surface area (Å²) in [6, 6.07) is 0. The van der Waals surface area contributed by atoms with Crippen molar-refractivity contribution in [1.29, 1.82) is 0 Å². The Morgan fingerprint density at radius 2 is 2.50 bits per heavy atom. The molecule has 1 fully saturated rings. The van der Waals surface area contributed by atoms with E-state index in [9.17, 15) is 9.90 Å². The summed E-state index contributed by atoms with van der Waals surface area (Å²) < 4.78 is 5.33. The lowest BCUT2D eigenvalue weighted by molar-refractivity contribution is -0.299. The van der Waals surface area contributed by atoms with Crippen LogP contribution >= 0.6 is 0 Å². The fourth-order valence-corrected chi connectivity index (χ4v) is 1.22. The molecule has 0 saturated carbocycles. The van der Waals surface area contributed by atoms with E-state index in [1.54, 1.807) is 13.0 Å². The first kappa shape index (κ1) is 9.26. The van der Waals surface area contributed by atoms with Crippen LogP contribution in [-0.2, 0) is 9.53 Å². The lowest BCUT2D eigenvalue weighted by Gasteiger charge is -2.06. The molecule has 1 saturated heterocycles. The van der Waals surface area contributed by atoms with E-state index in [0.29, 0.717) is 12.0 Å². The van der Waals surface area contributed by atoms with Crippen molar-refractivity contribution in [3.63, 3.8) is 0 Å². The summed E-state index contributed by atoms with van der Waals surface area (Å²) in [6.45, 7) is 2.35. The molecule has 0 bridgehead atoms. The summed E-state index contributed by atoms with van der Waals surface area (Å²) in [7, 11) is 0. The van der Waals surface area contributed by atoms with Gasteiger partial charge in [-0.1, -0.05) is 6.08 Å². The summed E-state index contributed by atoms with van der Waals surface area (Å²) in [6.07, 6.45) is 4.71. The van der Waals surface area contributed by atoms with Crippen molar-refractivity contribution in [3.05, 3.63) is 11.6 Å². The lowest BCUT2D eigenvalue weighted by Crippen LogP contribution is -2.23. The number of ether oxygens (including phenoxy) is 1. The summed E-state index contributed by atoms with van der Waals surface area (Å²) in [4.78, 5) is 10.3. The predicted octanol–water partition coefficient (Wildman–Crippen LogP) is 0.252. The van der Waals surface area contributed by atoms with E-state index in [1.165, 1.54) is 0 Å². The molecule has 0 aromatic heterocycles. The number of carboxylic acids is 1. The Kier molecular flexibility index (Phi) is 3.29. The minimum Gasteiger partial charge on any atom is -0.545 e. The molecule has 68 valence electrons. The second-order valence-corrected chi connectivity index (χ2v) is 3.05. The Morgan fingerprint density at radius 3 is 3.00 bits per heavy atom. The molecule has 12 heavy (non-hydrogen) atoms. The molecule has 0 N–H and O–H groups in total. The van der Waals surface area contributed by atoms with Crippen LogP contribution in [0.1, 0.15) is 26.2 Å². The van der Waals surface area contributed by atoms with Crippen molar-refractivity contribution in [3.8, 4) is 0 Å². The van der Waals surface area contributed by atoms with Crippen LogP contribution in [-0.4, -0.2) is 18.7 Å². The molecule has 1 aliphatic heterocycles. The quantitative estimate of drug-likeness (QED) is 0.569. The molecule has 1 heterocycles. The molecule has 0 amide bonds. The molecular weight excluding hydrogens is 156 g/mol. The maximum atomic E-state index is 10.3. The molecule has 0 aromatic rings. The average Bonchev–Trinajstić information content (AvgIpc) is 2.51. The summed E-state index contributed by atoms with van der Waals surface area (Å²) in [5, 5.41) is 10.3. The van der Waals surface area contributed by atoms with E-state index < -0.39 is 5.97 Å². The zero-order chi connectivity index (χ0) is 8.97. The van der Waals surface area contributed by atoms with Gasteiger partial charge in [0.15, 0.2) is 0 Å². The number of carbonyl (C=O) groups excluding carboxylic acids is 1. The predicted molar refractivity (Wildman–Crippen MR) is 42.4 cm³/mol. The van der Waals surface area contributed by atoms with Gasteiger partial charge in [0.1, 0.15) is 0 Å². The van der Waals surface area contributed by atoms with Gasteiger partial charge >= 0.3 is 0 Å². The second-order valence-electron chi connectivity index (χ2n) is 3.05. The van der Waals surface area contributed by atoms with Crippen molar-refractivity contribution in [2.24, 2.45) is 0 Å². The molecule has 3 nitrogen and oxygen atoms in total. The van der Waals surface area contributed by atoms with Crippen LogP contribution in [0.4, 0.5) is 0 Å². The summed E-state index contributed by atoms with van der Waals surface area (Å²) in [5.41, 5.74) is 0.297. The van der Waals surface area contributed by atoms with Gasteiger partial charge in [-0.3, -0.25) is 0 Å². The zero-order valence-corrected chi connectivity index (χ0v) is 7.21. The Bertz CT molecular complexity index is 190. The van der Waals surface area contributed by atoms with Crippen LogP contribution in [0, 0.1) is 0 Å². The van der Waals surface area contributed by atoms with Crippen LogP contribution in [0.5, 0.6) is 0 Å². The Morgan fingerprint density at radius 1 is 1.75 bits per heavy atom. The van der Waals surface area contributed by atoms with Gasteiger partial charge in [-0.25, -0.2) is 0 Å². The highest BCUT2D eigenvalue weighted by Crippen LogP contribution is 2.16. The van der Waals surface area contributed by atoms with Gasteiger partial charge in [-0.05, 0) is 31.8 Å². The van der Waals surface area contributed by atoms with E-state index in [4.69, 9.17) is 4.74 Å². The van der Waals surface area contributed by atoms with Gasteiger partial charge in [-0.2, -0.15) is 0 Å². The Labute approximate surface area is 72.0 Å². The standard InChI is InChI=1S/C9H14O3/c1-7(9(10)11)4-5-8-3-2-6-12-8/h4,8H,2-3,5-6H2,1H3,(H,10,11)/p-1/b7-4+. The van der Waals surface area contributed by atoms with Crippen molar-refractivity contribution in [2.75, 3.05) is 6.61 Å². The van der Waals surface area contributed by atoms with E-state index in [1.807, 2.05) is 0 Å². The molecule has 0 radical (unpaired) electrons. The highest BCUT2D eigenvalue weighted by molar-refractivity contribution is 5.83. The van der Waals surface area contributed by atoms with Gasteiger partial charge in [-0.15, -0.1) is 0 Å². The first-order valence-electron chi connectivity index (χ1n) is 4.20. The highest BCUT2D eigenvalue weighted by Gasteiger charge is 2.13. The zero-order valence-electron chi connectivity index (χ0n) is 7.21. The molecule has 1 aliphatic rings. The third kappa shape index (κ3) is 2.66. The van der Waals surface area contributed by atoms with Crippen LogP contribution in [0.25, 0.3) is 0 Å². The van der Waals surface area contributed by atoms with Crippen LogP contribution in [0.15, 0.2) is 11.6 Å². The van der Waals surface area contributed by atoms with E-state index in [2.05, 4.69) is 0 Å². The maximum Gasteiger partial charge on any atom is 0.0668 e. The van der Waals surface area contributed by atoms with E-state index in [-0.39, 0.29) is 6.10 Å². The first-order chi connectivity index (χ1) is 5.70. The van der Waals surface area contributed by atoms with Crippen LogP contribution < -0.4 is 5.11 Å². The minimum atomic E-state index is -1.09. The fourth-order valence-electron chi connectivity index (χ4n) is 1.22. The molecule has 0 aromatic carbocycles. The van der Waals surface area contributed by atoms with Crippen molar-refractivity contribution in [2.45, 2.75) is 32.3 Å². The molecule has 1 unspecified atom stereocenters. The smallest absolute Gasteiger partial charge is 0.0668 e. The number of hydrogen-bond acceptors (Lipinski definition) is 3.